The Hall–Kier alpha value is -2.15. The van der Waals surface area contributed by atoms with Gasteiger partial charge < -0.3 is 4.74 Å². The van der Waals surface area contributed by atoms with Crippen molar-refractivity contribution in [2.75, 3.05) is 5.43 Å². The average Bonchev–Trinajstić information content (AvgIpc) is 2.64. The van der Waals surface area contributed by atoms with Crippen LogP contribution in [0.3, 0.4) is 0 Å². The molecule has 15 heavy (non-hydrogen) atoms. The number of nitrogen functional groups attached to an aromatic ring is 1. The summed E-state index contributed by atoms with van der Waals surface area (Å²) in [6.07, 6.45) is 1.54. The van der Waals surface area contributed by atoms with E-state index in [9.17, 15) is 0 Å². The van der Waals surface area contributed by atoms with Crippen LogP contribution in [0.25, 0.3) is 0 Å². The summed E-state index contributed by atoms with van der Waals surface area (Å²) < 4.78 is 5.35. The first kappa shape index (κ1) is 9.41. The third kappa shape index (κ3) is 2.20. The third-order valence-corrected chi connectivity index (χ3v) is 1.65. The molecule has 0 saturated heterocycles. The summed E-state index contributed by atoms with van der Waals surface area (Å²) in [6, 6.07) is 3.38. The summed E-state index contributed by atoms with van der Waals surface area (Å²) in [4.78, 5) is 7.82. The maximum Gasteiger partial charge on any atom is 0.240 e. The smallest absolute Gasteiger partial charge is 0.240 e. The number of aromatic nitrogens is 4. The molecule has 7 nitrogen and oxygen atoms in total. The fourth-order valence-electron chi connectivity index (χ4n) is 1.02. The highest BCUT2D eigenvalue weighted by molar-refractivity contribution is 5.27. The average molecular weight is 206 g/mol. The second-order valence-corrected chi connectivity index (χ2v) is 2.85. The summed E-state index contributed by atoms with van der Waals surface area (Å²) in [5, 5.41) is 6.67. The van der Waals surface area contributed by atoms with Crippen molar-refractivity contribution >= 4 is 5.95 Å². The van der Waals surface area contributed by atoms with Crippen LogP contribution in [0.15, 0.2) is 18.3 Å². The second kappa shape index (κ2) is 3.93. The van der Waals surface area contributed by atoms with Crippen molar-refractivity contribution in [3.63, 3.8) is 0 Å². The van der Waals surface area contributed by atoms with Gasteiger partial charge >= 0.3 is 0 Å². The molecule has 0 atom stereocenters. The van der Waals surface area contributed by atoms with E-state index >= 15 is 0 Å². The quantitative estimate of drug-likeness (QED) is 0.501. The summed E-state index contributed by atoms with van der Waals surface area (Å²) in [5.41, 5.74) is 3.24. The molecule has 0 bridgehead atoms. The van der Waals surface area contributed by atoms with Gasteiger partial charge in [-0.25, -0.2) is 10.8 Å². The van der Waals surface area contributed by atoms with Gasteiger partial charge in [0.1, 0.15) is 0 Å². The number of hydrogen-bond acceptors (Lipinski definition) is 6. The van der Waals surface area contributed by atoms with Gasteiger partial charge in [-0.15, -0.1) is 5.10 Å². The minimum atomic E-state index is 0.291. The van der Waals surface area contributed by atoms with Gasteiger partial charge in [0.15, 0.2) is 0 Å². The standard InChI is InChI=1S/C8H10N6O/c1-5-4-7(14-13-5)15-6-2-3-10-8(11-6)12-9/h2-4H,9H2,1H3,(H,13,14)(H,10,11,12). The molecule has 2 rings (SSSR count). The van der Waals surface area contributed by atoms with Gasteiger partial charge in [-0.1, -0.05) is 0 Å². The SMILES string of the molecule is Cc1cc(Oc2ccnc(NN)n2)n[nH]1. The normalized spacial score (nSPS) is 10.0. The molecule has 7 heteroatoms. The zero-order chi connectivity index (χ0) is 10.7. The monoisotopic (exact) mass is 206 g/mol. The van der Waals surface area contributed by atoms with Crippen LogP contribution in [0.5, 0.6) is 11.8 Å². The molecule has 0 spiro atoms. The molecule has 0 amide bonds. The van der Waals surface area contributed by atoms with Crippen LogP contribution in [0.4, 0.5) is 5.95 Å². The Labute approximate surface area is 85.7 Å². The van der Waals surface area contributed by atoms with Crippen LogP contribution >= 0.6 is 0 Å². The maximum atomic E-state index is 5.35. The minimum absolute atomic E-state index is 0.291. The number of hydrazine groups is 1. The topological polar surface area (TPSA) is 102 Å². The number of ether oxygens (including phenoxy) is 1. The number of nitrogens with zero attached hydrogens (tertiary/aromatic N) is 3. The molecule has 4 N–H and O–H groups in total. The number of nitrogens with two attached hydrogens (primary N) is 1. The van der Waals surface area contributed by atoms with Gasteiger partial charge in [0.25, 0.3) is 0 Å². The van der Waals surface area contributed by atoms with E-state index in [0.29, 0.717) is 17.7 Å². The first-order valence-electron chi connectivity index (χ1n) is 4.27. The largest absolute Gasteiger partial charge is 0.419 e. The number of aryl methyl sites for hydroxylation is 1. The highest BCUT2D eigenvalue weighted by Gasteiger charge is 2.03. The maximum absolute atomic E-state index is 5.35. The van der Waals surface area contributed by atoms with E-state index in [1.54, 1.807) is 12.1 Å². The van der Waals surface area contributed by atoms with Crippen LogP contribution in [-0.4, -0.2) is 20.2 Å². The van der Waals surface area contributed by atoms with Gasteiger partial charge in [0.2, 0.25) is 17.7 Å². The first-order chi connectivity index (χ1) is 7.28. The fraction of sp³-hybridized carbons (Fsp3) is 0.125. The van der Waals surface area contributed by atoms with Crippen molar-refractivity contribution in [2.24, 2.45) is 5.84 Å². The highest BCUT2D eigenvalue weighted by atomic mass is 16.5. The van der Waals surface area contributed by atoms with E-state index < -0.39 is 0 Å². The lowest BCUT2D eigenvalue weighted by molar-refractivity contribution is 0.443. The summed E-state index contributed by atoms with van der Waals surface area (Å²) in [7, 11) is 0. The van der Waals surface area contributed by atoms with Gasteiger partial charge in [-0.3, -0.25) is 10.5 Å². The Morgan fingerprint density at radius 3 is 3.00 bits per heavy atom. The predicted octanol–water partition coefficient (Wildman–Crippen LogP) is 0.586. The molecule has 2 heterocycles. The van der Waals surface area contributed by atoms with Crippen molar-refractivity contribution in [1.29, 1.82) is 0 Å². The predicted molar refractivity (Wildman–Crippen MR) is 53.2 cm³/mol. The number of hydrogen-bond donors (Lipinski definition) is 3. The summed E-state index contributed by atoms with van der Waals surface area (Å²) >= 11 is 0. The summed E-state index contributed by atoms with van der Waals surface area (Å²) in [5.74, 6) is 6.29. The van der Waals surface area contributed by atoms with Crippen molar-refractivity contribution in [3.05, 3.63) is 24.0 Å². The molecule has 0 unspecified atom stereocenters. The third-order valence-electron chi connectivity index (χ3n) is 1.65. The Bertz CT molecular complexity index is 454. The van der Waals surface area contributed by atoms with E-state index in [4.69, 9.17) is 10.6 Å². The van der Waals surface area contributed by atoms with E-state index in [0.717, 1.165) is 5.69 Å². The molecular weight excluding hydrogens is 196 g/mol. The summed E-state index contributed by atoms with van der Waals surface area (Å²) in [6.45, 7) is 1.88. The molecule has 0 radical (unpaired) electrons. The van der Waals surface area contributed by atoms with Gasteiger partial charge in [0, 0.05) is 24.0 Å². The molecule has 0 saturated carbocycles. The van der Waals surface area contributed by atoms with Crippen molar-refractivity contribution in [3.8, 4) is 11.8 Å². The number of H-pyrrole nitrogens is 1. The number of aromatic amines is 1. The minimum Gasteiger partial charge on any atom is -0.419 e. The molecule has 0 aromatic carbocycles. The van der Waals surface area contributed by atoms with E-state index in [1.165, 1.54) is 6.20 Å². The Morgan fingerprint density at radius 2 is 2.33 bits per heavy atom. The van der Waals surface area contributed by atoms with Crippen molar-refractivity contribution < 1.29 is 4.74 Å². The van der Waals surface area contributed by atoms with Gasteiger partial charge in [-0.05, 0) is 6.92 Å². The highest BCUT2D eigenvalue weighted by Crippen LogP contribution is 2.17. The van der Waals surface area contributed by atoms with Crippen LogP contribution in [0.2, 0.25) is 0 Å². The molecule has 0 aliphatic rings. The Morgan fingerprint density at radius 1 is 1.47 bits per heavy atom. The van der Waals surface area contributed by atoms with Crippen LogP contribution in [0, 0.1) is 6.92 Å². The zero-order valence-corrected chi connectivity index (χ0v) is 8.06. The molecule has 0 fully saturated rings. The zero-order valence-electron chi connectivity index (χ0n) is 8.06. The lowest BCUT2D eigenvalue weighted by Gasteiger charge is -2.01. The molecule has 2 aromatic rings. The van der Waals surface area contributed by atoms with Crippen LogP contribution < -0.4 is 16.0 Å². The number of anilines is 1. The van der Waals surface area contributed by atoms with Crippen molar-refractivity contribution in [1.82, 2.24) is 20.2 Å². The lowest BCUT2D eigenvalue weighted by atomic mass is 10.5. The second-order valence-electron chi connectivity index (χ2n) is 2.85. The van der Waals surface area contributed by atoms with Gasteiger partial charge in [-0.2, -0.15) is 4.98 Å². The van der Waals surface area contributed by atoms with E-state index in [-0.39, 0.29) is 0 Å². The van der Waals surface area contributed by atoms with Crippen LogP contribution in [0.1, 0.15) is 5.69 Å². The van der Waals surface area contributed by atoms with Crippen molar-refractivity contribution in [2.45, 2.75) is 6.92 Å². The Kier molecular flexibility index (Phi) is 2.46. The first-order valence-corrected chi connectivity index (χ1v) is 4.27. The van der Waals surface area contributed by atoms with Crippen LogP contribution in [-0.2, 0) is 0 Å². The molecule has 0 aliphatic heterocycles. The van der Waals surface area contributed by atoms with E-state index in [1.807, 2.05) is 6.92 Å². The Balaban J connectivity index is 2.16. The van der Waals surface area contributed by atoms with Gasteiger partial charge in [0.05, 0.1) is 0 Å². The number of nitrogens with one attached hydrogen (secondary N) is 2. The lowest BCUT2D eigenvalue weighted by Crippen LogP contribution is -2.10. The number of rotatable bonds is 3. The molecule has 2 aromatic heterocycles. The molecule has 0 aliphatic carbocycles. The fourth-order valence-corrected chi connectivity index (χ4v) is 1.02. The molecular formula is C8H10N6O. The molecule has 78 valence electrons. The van der Waals surface area contributed by atoms with E-state index in [2.05, 4.69) is 25.6 Å².